The second kappa shape index (κ2) is 6.09. The summed E-state index contributed by atoms with van der Waals surface area (Å²) in [7, 11) is 0. The molecule has 0 unspecified atom stereocenters. The topological polar surface area (TPSA) is 135 Å². The van der Waals surface area contributed by atoms with Gasteiger partial charge in [-0.1, -0.05) is 0 Å². The van der Waals surface area contributed by atoms with E-state index in [4.69, 9.17) is 10.8 Å². The number of aliphatic carboxylic acids is 1. The lowest BCUT2D eigenvalue weighted by atomic mass is 9.99. The Hall–Kier alpha value is -3.26. The van der Waals surface area contributed by atoms with Gasteiger partial charge in [0.15, 0.2) is 0 Å². The molecule has 0 saturated heterocycles. The molecular weight excluding hydrogens is 312 g/mol. The van der Waals surface area contributed by atoms with E-state index in [2.05, 4.69) is 9.97 Å². The average Bonchev–Trinajstić information content (AvgIpc) is 2.98. The summed E-state index contributed by atoms with van der Waals surface area (Å²) in [6.45, 7) is 0. The van der Waals surface area contributed by atoms with Gasteiger partial charge in [0.1, 0.15) is 6.04 Å². The molecule has 122 valence electrons. The molecule has 0 aliphatic rings. The minimum Gasteiger partial charge on any atom is -0.480 e. The number of hydrogen-bond acceptors (Lipinski definition) is 5. The second-order valence-electron chi connectivity index (χ2n) is 5.34. The molecule has 0 radical (unpaired) electrons. The van der Waals surface area contributed by atoms with Crippen molar-refractivity contribution in [3.8, 4) is 11.1 Å². The number of nitrogens with one attached hydrogen (secondary N) is 1. The SMILES string of the molecule is N[C@@H](Cc1c[nH]c2c(-c3ccncc3)ccc([N+](=O)[O-])c12)C(=O)O. The summed E-state index contributed by atoms with van der Waals surface area (Å²) in [6.07, 6.45) is 4.83. The van der Waals surface area contributed by atoms with E-state index in [0.29, 0.717) is 16.5 Å². The first-order valence-electron chi connectivity index (χ1n) is 7.15. The van der Waals surface area contributed by atoms with Crippen LogP contribution in [0.5, 0.6) is 0 Å². The molecule has 1 atom stereocenters. The monoisotopic (exact) mass is 326 g/mol. The number of benzene rings is 1. The van der Waals surface area contributed by atoms with E-state index in [1.807, 2.05) is 0 Å². The fourth-order valence-electron chi connectivity index (χ4n) is 2.71. The van der Waals surface area contributed by atoms with Crippen molar-refractivity contribution in [3.63, 3.8) is 0 Å². The van der Waals surface area contributed by atoms with E-state index in [1.165, 1.54) is 6.07 Å². The molecule has 4 N–H and O–H groups in total. The number of H-pyrrole nitrogens is 1. The van der Waals surface area contributed by atoms with Crippen molar-refractivity contribution in [3.05, 3.63) is 58.5 Å². The van der Waals surface area contributed by atoms with Crippen LogP contribution in [0.25, 0.3) is 22.0 Å². The van der Waals surface area contributed by atoms with E-state index >= 15 is 0 Å². The standard InChI is InChI=1S/C16H14N4O4/c17-12(16(21)22)7-10-8-19-15-11(9-3-5-18-6-4-9)1-2-13(14(10)15)20(23)24/h1-6,8,12,19H,7,17H2,(H,21,22)/t12-/m0/s1. The number of aromatic amines is 1. The van der Waals surface area contributed by atoms with Crippen LogP contribution in [0, 0.1) is 10.1 Å². The Bertz CT molecular complexity index is 920. The zero-order chi connectivity index (χ0) is 17.3. The van der Waals surface area contributed by atoms with Crippen molar-refractivity contribution in [2.75, 3.05) is 0 Å². The van der Waals surface area contributed by atoms with Gasteiger partial charge in [0.25, 0.3) is 5.69 Å². The van der Waals surface area contributed by atoms with Crippen molar-refractivity contribution >= 4 is 22.6 Å². The third-order valence-corrected chi connectivity index (χ3v) is 3.84. The molecule has 0 bridgehead atoms. The van der Waals surface area contributed by atoms with Crippen molar-refractivity contribution in [1.29, 1.82) is 0 Å². The zero-order valence-corrected chi connectivity index (χ0v) is 12.5. The molecule has 0 aliphatic heterocycles. The number of carboxylic acids is 1. The Balaban J connectivity index is 2.22. The predicted octanol–water partition coefficient (Wildman–Crippen LogP) is 2.09. The highest BCUT2D eigenvalue weighted by Crippen LogP contribution is 2.36. The van der Waals surface area contributed by atoms with Gasteiger partial charge in [0.2, 0.25) is 0 Å². The number of nitro benzene ring substituents is 1. The minimum atomic E-state index is -1.16. The van der Waals surface area contributed by atoms with Crippen LogP contribution in [-0.2, 0) is 11.2 Å². The van der Waals surface area contributed by atoms with Crippen LogP contribution in [0.15, 0.2) is 42.9 Å². The van der Waals surface area contributed by atoms with Crippen molar-refractivity contribution in [2.45, 2.75) is 12.5 Å². The summed E-state index contributed by atoms with van der Waals surface area (Å²) in [5.41, 5.74) is 8.19. The van der Waals surface area contributed by atoms with Gasteiger partial charge in [-0.3, -0.25) is 19.9 Å². The summed E-state index contributed by atoms with van der Waals surface area (Å²) in [5.74, 6) is -1.16. The van der Waals surface area contributed by atoms with Crippen LogP contribution in [0.1, 0.15) is 5.56 Å². The molecule has 2 heterocycles. The number of nitrogens with zero attached hydrogens (tertiary/aromatic N) is 2. The summed E-state index contributed by atoms with van der Waals surface area (Å²) in [5, 5.41) is 20.7. The molecule has 2 aromatic heterocycles. The highest BCUT2D eigenvalue weighted by atomic mass is 16.6. The Labute approximate surface area is 136 Å². The van der Waals surface area contributed by atoms with Gasteiger partial charge in [-0.2, -0.15) is 0 Å². The summed E-state index contributed by atoms with van der Waals surface area (Å²) in [4.78, 5) is 28.9. The maximum atomic E-state index is 11.4. The Morgan fingerprint density at radius 2 is 2.04 bits per heavy atom. The summed E-state index contributed by atoms with van der Waals surface area (Å²) >= 11 is 0. The van der Waals surface area contributed by atoms with Crippen LogP contribution in [0.4, 0.5) is 5.69 Å². The Morgan fingerprint density at radius 3 is 2.67 bits per heavy atom. The molecule has 0 amide bonds. The smallest absolute Gasteiger partial charge is 0.320 e. The number of carbonyl (C=O) groups is 1. The zero-order valence-electron chi connectivity index (χ0n) is 12.5. The molecule has 8 nitrogen and oxygen atoms in total. The van der Waals surface area contributed by atoms with Gasteiger partial charge in [-0.15, -0.1) is 0 Å². The molecule has 0 spiro atoms. The van der Waals surface area contributed by atoms with Crippen molar-refractivity contribution in [2.24, 2.45) is 5.73 Å². The van der Waals surface area contributed by atoms with E-state index in [0.717, 1.165) is 11.1 Å². The molecule has 24 heavy (non-hydrogen) atoms. The van der Waals surface area contributed by atoms with Crippen molar-refractivity contribution < 1.29 is 14.8 Å². The molecule has 0 saturated carbocycles. The maximum Gasteiger partial charge on any atom is 0.320 e. The number of rotatable bonds is 5. The number of aromatic nitrogens is 2. The van der Waals surface area contributed by atoms with Crippen LogP contribution in [-0.4, -0.2) is 32.0 Å². The van der Waals surface area contributed by atoms with Crippen LogP contribution >= 0.6 is 0 Å². The highest BCUT2D eigenvalue weighted by molar-refractivity contribution is 6.01. The average molecular weight is 326 g/mol. The van der Waals surface area contributed by atoms with Crippen LogP contribution in [0.2, 0.25) is 0 Å². The summed E-state index contributed by atoms with van der Waals surface area (Å²) < 4.78 is 0. The van der Waals surface area contributed by atoms with Crippen LogP contribution < -0.4 is 5.73 Å². The molecule has 1 aromatic carbocycles. The number of non-ortho nitro benzene ring substituents is 1. The number of nitro groups is 1. The maximum absolute atomic E-state index is 11.4. The first kappa shape index (κ1) is 15.6. The number of fused-ring (bicyclic) bond motifs is 1. The molecule has 0 aliphatic carbocycles. The Kier molecular flexibility index (Phi) is 3.97. The first-order chi connectivity index (χ1) is 11.5. The first-order valence-corrected chi connectivity index (χ1v) is 7.15. The second-order valence-corrected chi connectivity index (χ2v) is 5.34. The van der Waals surface area contributed by atoms with E-state index < -0.39 is 16.9 Å². The van der Waals surface area contributed by atoms with Crippen molar-refractivity contribution in [1.82, 2.24) is 9.97 Å². The fourth-order valence-corrected chi connectivity index (χ4v) is 2.71. The summed E-state index contributed by atoms with van der Waals surface area (Å²) in [6, 6.07) is 5.54. The third kappa shape index (κ3) is 2.70. The normalized spacial score (nSPS) is 12.2. The molecule has 8 heteroatoms. The fraction of sp³-hybridized carbons (Fsp3) is 0.125. The van der Waals surface area contributed by atoms with Gasteiger partial charge in [-0.05, 0) is 29.3 Å². The largest absolute Gasteiger partial charge is 0.480 e. The van der Waals surface area contributed by atoms with E-state index in [-0.39, 0.29) is 12.1 Å². The van der Waals surface area contributed by atoms with E-state index in [1.54, 1.807) is 36.8 Å². The molecule has 3 aromatic rings. The van der Waals surface area contributed by atoms with Crippen LogP contribution in [0.3, 0.4) is 0 Å². The minimum absolute atomic E-state index is 0.00400. The third-order valence-electron chi connectivity index (χ3n) is 3.84. The lowest BCUT2D eigenvalue weighted by molar-refractivity contribution is -0.383. The number of pyridine rings is 1. The van der Waals surface area contributed by atoms with Gasteiger partial charge in [0.05, 0.1) is 15.8 Å². The number of carboxylic acid groups (broad SMARTS) is 1. The Morgan fingerprint density at radius 1 is 1.33 bits per heavy atom. The predicted molar refractivity (Wildman–Crippen MR) is 87.5 cm³/mol. The van der Waals surface area contributed by atoms with Gasteiger partial charge < -0.3 is 15.8 Å². The lowest BCUT2D eigenvalue weighted by Crippen LogP contribution is -2.32. The van der Waals surface area contributed by atoms with E-state index in [9.17, 15) is 14.9 Å². The number of nitrogens with two attached hydrogens (primary N) is 1. The number of hydrogen-bond donors (Lipinski definition) is 3. The van der Waals surface area contributed by atoms with Gasteiger partial charge >= 0.3 is 5.97 Å². The van der Waals surface area contributed by atoms with Gasteiger partial charge in [-0.25, -0.2) is 0 Å². The lowest BCUT2D eigenvalue weighted by Gasteiger charge is -2.07. The molecular formula is C16H14N4O4. The van der Waals surface area contributed by atoms with Gasteiger partial charge in [0, 0.05) is 36.6 Å². The highest BCUT2D eigenvalue weighted by Gasteiger charge is 2.23. The molecule has 3 rings (SSSR count). The molecule has 0 fully saturated rings. The quantitative estimate of drug-likeness (QED) is 0.485.